The minimum absolute atomic E-state index is 0.105. The van der Waals surface area contributed by atoms with Crippen molar-refractivity contribution in [1.29, 1.82) is 0 Å². The van der Waals surface area contributed by atoms with Gasteiger partial charge in [0.25, 0.3) is 5.95 Å². The van der Waals surface area contributed by atoms with E-state index >= 15 is 0 Å². The largest absolute Gasteiger partial charge is 0.481 e. The van der Waals surface area contributed by atoms with Crippen LogP contribution in [0.15, 0.2) is 12.4 Å². The zero-order valence-corrected chi connectivity index (χ0v) is 10.0. The molecule has 1 atom stereocenters. The van der Waals surface area contributed by atoms with Crippen LogP contribution in [0, 0.1) is 0 Å². The number of nitrogens with one attached hydrogen (secondary N) is 1. The summed E-state index contributed by atoms with van der Waals surface area (Å²) < 4.78 is 5.27. The molecule has 1 unspecified atom stereocenters. The highest BCUT2D eigenvalue weighted by Crippen LogP contribution is 2.10. The van der Waals surface area contributed by atoms with Crippen LogP contribution in [0.2, 0.25) is 0 Å². The second-order valence-electron chi connectivity index (χ2n) is 3.93. The van der Waals surface area contributed by atoms with Gasteiger partial charge in [0, 0.05) is 13.1 Å². The monoisotopic (exact) mass is 267 g/mol. The van der Waals surface area contributed by atoms with E-state index < -0.39 is 18.1 Å². The molecule has 2 heterocycles. The molecule has 0 bridgehead atoms. The van der Waals surface area contributed by atoms with Crippen LogP contribution < -0.4 is 5.32 Å². The summed E-state index contributed by atoms with van der Waals surface area (Å²) in [6, 6.07) is -0.397. The fourth-order valence-electron chi connectivity index (χ4n) is 1.70. The molecule has 1 aliphatic heterocycles. The molecule has 2 amide bonds. The van der Waals surface area contributed by atoms with Crippen molar-refractivity contribution in [3.63, 3.8) is 0 Å². The van der Waals surface area contributed by atoms with E-state index in [0.717, 1.165) is 0 Å². The molecule has 19 heavy (non-hydrogen) atoms. The lowest BCUT2D eigenvalue weighted by molar-refractivity contribution is -0.141. The Balaban J connectivity index is 1.90. The van der Waals surface area contributed by atoms with Gasteiger partial charge in [-0.1, -0.05) is 0 Å². The number of carbonyl (C=O) groups excluding carboxylic acids is 1. The number of nitrogens with zero attached hydrogens (tertiary/aromatic N) is 4. The van der Waals surface area contributed by atoms with Gasteiger partial charge in [-0.25, -0.2) is 9.78 Å². The molecule has 1 aromatic rings. The summed E-state index contributed by atoms with van der Waals surface area (Å²) in [5.41, 5.74) is 0. The van der Waals surface area contributed by atoms with Crippen LogP contribution in [0.3, 0.4) is 0 Å². The lowest BCUT2D eigenvalue weighted by Crippen LogP contribution is -2.48. The van der Waals surface area contributed by atoms with Crippen LogP contribution in [0.5, 0.6) is 0 Å². The summed E-state index contributed by atoms with van der Waals surface area (Å²) in [6.07, 6.45) is 2.18. The smallest absolute Gasteiger partial charge is 0.324 e. The molecule has 9 heteroatoms. The van der Waals surface area contributed by atoms with Crippen LogP contribution in [-0.2, 0) is 9.53 Å². The third-order valence-electron chi connectivity index (χ3n) is 2.53. The highest BCUT2D eigenvalue weighted by molar-refractivity contribution is 5.87. The minimum Gasteiger partial charge on any atom is -0.481 e. The van der Waals surface area contributed by atoms with Gasteiger partial charge in [0.05, 0.1) is 31.5 Å². The highest BCUT2D eigenvalue weighted by atomic mass is 16.5. The van der Waals surface area contributed by atoms with Gasteiger partial charge in [0.1, 0.15) is 0 Å². The predicted octanol–water partition coefficient (Wildman–Crippen LogP) is -0.421. The normalized spacial score (nSPS) is 18.9. The number of carbonyl (C=O) groups is 2. The summed E-state index contributed by atoms with van der Waals surface area (Å²) in [6.45, 7) is 0.917. The Morgan fingerprint density at radius 3 is 3.05 bits per heavy atom. The number of amides is 2. The first-order valence-electron chi connectivity index (χ1n) is 5.68. The van der Waals surface area contributed by atoms with Crippen molar-refractivity contribution in [1.82, 2.24) is 20.1 Å². The van der Waals surface area contributed by atoms with E-state index in [-0.39, 0.29) is 18.9 Å². The molecular formula is C10H13N5O4. The average Bonchev–Trinajstić information content (AvgIpc) is 2.39. The molecular weight excluding hydrogens is 254 g/mol. The molecule has 1 aromatic heterocycles. The number of carboxylic acid groups (broad SMARTS) is 1. The predicted molar refractivity (Wildman–Crippen MR) is 62.4 cm³/mol. The number of ether oxygens (including phenoxy) is 1. The summed E-state index contributed by atoms with van der Waals surface area (Å²) >= 11 is 0. The topological polar surface area (TPSA) is 118 Å². The molecule has 0 spiro atoms. The maximum absolute atomic E-state index is 11.9. The van der Waals surface area contributed by atoms with Crippen LogP contribution in [-0.4, -0.2) is 63.0 Å². The maximum Gasteiger partial charge on any atom is 0.324 e. The lowest BCUT2D eigenvalue weighted by Gasteiger charge is -2.31. The maximum atomic E-state index is 11.9. The fraction of sp³-hybridized carbons (Fsp3) is 0.500. The van der Waals surface area contributed by atoms with E-state index in [1.165, 1.54) is 17.3 Å². The lowest BCUT2D eigenvalue weighted by atomic mass is 10.2. The standard InChI is InChI=1S/C10H13N5O4/c16-8(17)5-7-6-15(3-4-19-7)10(18)13-9-11-1-2-12-14-9/h1-2,7H,3-6H2,(H,16,17)(H,11,13,14,18). The first kappa shape index (κ1) is 13.1. The Bertz CT molecular complexity index is 454. The van der Waals surface area contributed by atoms with E-state index in [1.807, 2.05) is 0 Å². The SMILES string of the molecule is O=C(O)CC1CN(C(=O)Nc2nccnn2)CCO1. The van der Waals surface area contributed by atoms with Crippen molar-refractivity contribution >= 4 is 17.9 Å². The molecule has 2 N–H and O–H groups in total. The number of morpholine rings is 1. The number of hydrogen-bond acceptors (Lipinski definition) is 6. The van der Waals surface area contributed by atoms with Crippen molar-refractivity contribution in [3.05, 3.63) is 12.4 Å². The van der Waals surface area contributed by atoms with Gasteiger partial charge in [-0.3, -0.25) is 10.1 Å². The quantitative estimate of drug-likeness (QED) is 0.763. The molecule has 1 saturated heterocycles. The second kappa shape index (κ2) is 6.05. The summed E-state index contributed by atoms with van der Waals surface area (Å²) in [4.78, 5) is 27.8. The Labute approximate surface area is 108 Å². The molecule has 9 nitrogen and oxygen atoms in total. The van der Waals surface area contributed by atoms with Crippen molar-refractivity contribution in [2.45, 2.75) is 12.5 Å². The Morgan fingerprint density at radius 2 is 2.37 bits per heavy atom. The van der Waals surface area contributed by atoms with Crippen molar-refractivity contribution < 1.29 is 19.4 Å². The molecule has 102 valence electrons. The Morgan fingerprint density at radius 1 is 1.53 bits per heavy atom. The first-order valence-corrected chi connectivity index (χ1v) is 5.68. The van der Waals surface area contributed by atoms with Gasteiger partial charge in [0.15, 0.2) is 0 Å². The molecule has 2 rings (SSSR count). The Hall–Kier alpha value is -2.29. The van der Waals surface area contributed by atoms with Crippen molar-refractivity contribution in [2.75, 3.05) is 25.0 Å². The number of aromatic nitrogens is 3. The van der Waals surface area contributed by atoms with Gasteiger partial charge >= 0.3 is 12.0 Å². The van der Waals surface area contributed by atoms with Gasteiger partial charge in [-0.05, 0) is 0 Å². The zero-order valence-electron chi connectivity index (χ0n) is 10.0. The van der Waals surface area contributed by atoms with Gasteiger partial charge < -0.3 is 14.7 Å². The third-order valence-corrected chi connectivity index (χ3v) is 2.53. The molecule has 0 aromatic carbocycles. The molecule has 0 saturated carbocycles. The van der Waals surface area contributed by atoms with E-state index in [9.17, 15) is 9.59 Å². The number of aliphatic carboxylic acids is 1. The molecule has 0 aliphatic carbocycles. The first-order chi connectivity index (χ1) is 9.15. The second-order valence-corrected chi connectivity index (χ2v) is 3.93. The molecule has 1 aliphatic rings. The van der Waals surface area contributed by atoms with Crippen molar-refractivity contribution in [2.24, 2.45) is 0 Å². The summed E-state index contributed by atoms with van der Waals surface area (Å²) in [7, 11) is 0. The van der Waals surface area contributed by atoms with Gasteiger partial charge in [0.2, 0.25) is 0 Å². The van der Waals surface area contributed by atoms with E-state index in [4.69, 9.17) is 9.84 Å². The average molecular weight is 267 g/mol. The third kappa shape index (κ3) is 3.85. The van der Waals surface area contributed by atoms with Crippen LogP contribution in [0.25, 0.3) is 0 Å². The number of hydrogen-bond donors (Lipinski definition) is 2. The Kier molecular flexibility index (Phi) is 4.18. The van der Waals surface area contributed by atoms with E-state index in [0.29, 0.717) is 13.2 Å². The molecule has 1 fully saturated rings. The highest BCUT2D eigenvalue weighted by Gasteiger charge is 2.26. The van der Waals surface area contributed by atoms with E-state index in [1.54, 1.807) is 0 Å². The van der Waals surface area contributed by atoms with Gasteiger partial charge in [-0.15, -0.1) is 5.10 Å². The number of rotatable bonds is 3. The summed E-state index contributed by atoms with van der Waals surface area (Å²) in [5.74, 6) is -0.850. The number of carboxylic acids is 1. The van der Waals surface area contributed by atoms with Crippen molar-refractivity contribution in [3.8, 4) is 0 Å². The van der Waals surface area contributed by atoms with Crippen LogP contribution in [0.1, 0.15) is 6.42 Å². The van der Waals surface area contributed by atoms with Crippen LogP contribution in [0.4, 0.5) is 10.7 Å². The number of urea groups is 1. The minimum atomic E-state index is -0.956. The zero-order chi connectivity index (χ0) is 13.7. The summed E-state index contributed by atoms with van der Waals surface area (Å²) in [5, 5.41) is 18.4. The van der Waals surface area contributed by atoms with E-state index in [2.05, 4.69) is 20.5 Å². The van der Waals surface area contributed by atoms with Gasteiger partial charge in [-0.2, -0.15) is 5.10 Å². The fourth-order valence-corrected chi connectivity index (χ4v) is 1.70. The van der Waals surface area contributed by atoms with Crippen LogP contribution >= 0.6 is 0 Å². The number of anilines is 1. The molecule has 0 radical (unpaired) electrons.